The molecule has 0 amide bonds. The van der Waals surface area contributed by atoms with Gasteiger partial charge in [-0.05, 0) is 97.0 Å². The van der Waals surface area contributed by atoms with Gasteiger partial charge >= 0.3 is 0 Å². The molecule has 0 aliphatic rings. The van der Waals surface area contributed by atoms with Crippen LogP contribution in [0, 0.1) is 0 Å². The second-order valence-electron chi connectivity index (χ2n) is 16.5. The van der Waals surface area contributed by atoms with E-state index in [0.29, 0.717) is 0 Å². The van der Waals surface area contributed by atoms with E-state index in [1.807, 2.05) is 0 Å². The highest BCUT2D eigenvalue weighted by Gasteiger charge is 2.24. The normalized spacial score (nSPS) is 12.2. The smallest absolute Gasteiger partial charge is 0.165 e. The molecule has 0 aliphatic carbocycles. The van der Waals surface area contributed by atoms with Crippen LogP contribution in [0.15, 0.2) is 206 Å². The van der Waals surface area contributed by atoms with Crippen molar-refractivity contribution < 1.29 is 0 Å². The van der Waals surface area contributed by atoms with E-state index in [2.05, 4.69) is 215 Å². The van der Waals surface area contributed by atoms with E-state index >= 15 is 0 Å². The van der Waals surface area contributed by atoms with Gasteiger partial charge < -0.3 is 4.57 Å². The van der Waals surface area contributed by atoms with Gasteiger partial charge in [-0.25, -0.2) is 9.97 Å². The number of hydrogen-bond acceptors (Lipinski definition) is 2. The van der Waals surface area contributed by atoms with Crippen molar-refractivity contribution in [3.63, 3.8) is 0 Å². The Hall–Kier alpha value is -8.34. The van der Waals surface area contributed by atoms with Crippen molar-refractivity contribution in [2.24, 2.45) is 0 Å². The Labute approximate surface area is 355 Å². The lowest BCUT2D eigenvalue weighted by molar-refractivity contribution is 1.08. The molecule has 11 aromatic carbocycles. The summed E-state index contributed by atoms with van der Waals surface area (Å²) in [6.07, 6.45) is 0. The van der Waals surface area contributed by atoms with Crippen LogP contribution in [-0.2, 0) is 0 Å². The first kappa shape index (κ1) is 33.5. The highest BCUT2D eigenvalue weighted by molar-refractivity contribution is 6.26. The maximum absolute atomic E-state index is 5.59. The third kappa shape index (κ3) is 4.61. The molecule has 0 bridgehead atoms. The Morgan fingerprint density at radius 3 is 1.63 bits per heavy atom. The predicted octanol–water partition coefficient (Wildman–Crippen LogP) is 15.3. The number of fused-ring (bicyclic) bond motifs is 16. The quantitative estimate of drug-likeness (QED) is 0.167. The first-order valence-electron chi connectivity index (χ1n) is 21.2. The fourth-order valence-corrected chi connectivity index (χ4v) is 10.5. The standard InChI is InChI=1S/C58H34N4/c1-2-16-37-34-54-48(32-36(37)15-1)55-52(61-51-25-12-9-22-45(51)46-31-28-35-14-3-4-17-39(35)57(46)61)26-13-27-53(55)62(54)58-56(59-49-23-10-11-24-50(49)60-58)38-29-30-44-42-20-6-5-18-40(42)41-19-7-8-21-43(41)47(44)33-38/h1-34H. The third-order valence-corrected chi connectivity index (χ3v) is 13.2. The molecule has 0 saturated heterocycles. The zero-order valence-electron chi connectivity index (χ0n) is 33.4. The van der Waals surface area contributed by atoms with Crippen molar-refractivity contribution >= 4 is 109 Å². The molecule has 0 saturated carbocycles. The van der Waals surface area contributed by atoms with E-state index in [1.54, 1.807) is 0 Å². The molecule has 4 nitrogen and oxygen atoms in total. The highest BCUT2D eigenvalue weighted by Crippen LogP contribution is 2.44. The molecule has 62 heavy (non-hydrogen) atoms. The molecule has 14 rings (SSSR count). The molecule has 3 aromatic heterocycles. The summed E-state index contributed by atoms with van der Waals surface area (Å²) in [5, 5.41) is 17.0. The average molecular weight is 787 g/mol. The molecule has 3 heterocycles. The molecular weight excluding hydrogens is 753 g/mol. The van der Waals surface area contributed by atoms with Crippen molar-refractivity contribution in [2.45, 2.75) is 0 Å². The summed E-state index contributed by atoms with van der Waals surface area (Å²) in [6, 6.07) is 74.9. The third-order valence-electron chi connectivity index (χ3n) is 13.2. The monoisotopic (exact) mass is 786 g/mol. The van der Waals surface area contributed by atoms with Crippen LogP contribution in [0.4, 0.5) is 0 Å². The van der Waals surface area contributed by atoms with Crippen LogP contribution in [0.1, 0.15) is 0 Å². The second-order valence-corrected chi connectivity index (χ2v) is 16.5. The zero-order valence-corrected chi connectivity index (χ0v) is 33.4. The fourth-order valence-electron chi connectivity index (χ4n) is 10.5. The molecular formula is C58H34N4. The van der Waals surface area contributed by atoms with E-state index < -0.39 is 0 Å². The van der Waals surface area contributed by atoms with E-state index in [4.69, 9.17) is 9.97 Å². The number of nitrogens with zero attached hydrogens (tertiary/aromatic N) is 4. The molecule has 14 aromatic rings. The number of benzene rings is 11. The summed E-state index contributed by atoms with van der Waals surface area (Å²) in [7, 11) is 0. The first-order valence-corrected chi connectivity index (χ1v) is 21.2. The maximum Gasteiger partial charge on any atom is 0.165 e. The van der Waals surface area contributed by atoms with Crippen LogP contribution in [0.25, 0.3) is 131 Å². The number of hydrogen-bond donors (Lipinski definition) is 0. The summed E-state index contributed by atoms with van der Waals surface area (Å²) < 4.78 is 4.88. The van der Waals surface area contributed by atoms with Gasteiger partial charge in [0.2, 0.25) is 0 Å². The van der Waals surface area contributed by atoms with Gasteiger partial charge in [0.25, 0.3) is 0 Å². The Morgan fingerprint density at radius 2 is 0.871 bits per heavy atom. The summed E-state index contributed by atoms with van der Waals surface area (Å²) >= 11 is 0. The van der Waals surface area contributed by atoms with Crippen LogP contribution >= 0.6 is 0 Å². The van der Waals surface area contributed by atoms with Gasteiger partial charge in [-0.2, -0.15) is 0 Å². The number of para-hydroxylation sites is 3. The van der Waals surface area contributed by atoms with Crippen molar-refractivity contribution in [3.05, 3.63) is 206 Å². The molecule has 0 unspecified atom stereocenters. The minimum atomic E-state index is 0.799. The van der Waals surface area contributed by atoms with Crippen molar-refractivity contribution in [1.82, 2.24) is 19.1 Å². The van der Waals surface area contributed by atoms with Gasteiger partial charge in [-0.15, -0.1) is 0 Å². The van der Waals surface area contributed by atoms with Crippen LogP contribution in [-0.4, -0.2) is 19.1 Å². The van der Waals surface area contributed by atoms with E-state index in [9.17, 15) is 0 Å². The summed E-state index contributed by atoms with van der Waals surface area (Å²) in [5.74, 6) is 0.799. The van der Waals surface area contributed by atoms with E-state index in [0.717, 1.165) is 50.2 Å². The Kier molecular flexibility index (Phi) is 6.80. The van der Waals surface area contributed by atoms with Crippen LogP contribution in [0.3, 0.4) is 0 Å². The van der Waals surface area contributed by atoms with E-state index in [-0.39, 0.29) is 0 Å². The fraction of sp³-hybridized carbons (Fsp3) is 0. The van der Waals surface area contributed by atoms with E-state index in [1.165, 1.54) is 81.1 Å². The van der Waals surface area contributed by atoms with Crippen molar-refractivity contribution in [1.29, 1.82) is 0 Å². The van der Waals surface area contributed by atoms with Crippen LogP contribution in [0.2, 0.25) is 0 Å². The topological polar surface area (TPSA) is 35.6 Å². The van der Waals surface area contributed by atoms with Crippen molar-refractivity contribution in [3.8, 4) is 22.8 Å². The first-order chi connectivity index (χ1) is 30.8. The van der Waals surface area contributed by atoms with Crippen molar-refractivity contribution in [2.75, 3.05) is 0 Å². The molecule has 0 radical (unpaired) electrons. The molecule has 286 valence electrons. The molecule has 0 N–H and O–H groups in total. The highest BCUT2D eigenvalue weighted by atomic mass is 15.1. The number of rotatable bonds is 3. The number of aromatic nitrogens is 4. The maximum atomic E-state index is 5.59. The summed E-state index contributed by atoms with van der Waals surface area (Å²) in [6.45, 7) is 0. The minimum Gasteiger partial charge on any atom is -0.308 e. The zero-order chi connectivity index (χ0) is 40.5. The largest absolute Gasteiger partial charge is 0.308 e. The molecule has 4 heteroatoms. The van der Waals surface area contributed by atoms with Gasteiger partial charge in [0.15, 0.2) is 5.82 Å². The second kappa shape index (κ2) is 12.6. The summed E-state index contributed by atoms with van der Waals surface area (Å²) in [4.78, 5) is 11.1. The molecule has 0 atom stereocenters. The van der Waals surface area contributed by atoms with Gasteiger partial charge in [-0.3, -0.25) is 4.57 Å². The summed E-state index contributed by atoms with van der Waals surface area (Å²) in [5.41, 5.74) is 9.24. The Morgan fingerprint density at radius 1 is 0.306 bits per heavy atom. The van der Waals surface area contributed by atoms with Gasteiger partial charge in [0, 0.05) is 32.5 Å². The lowest BCUT2D eigenvalue weighted by Crippen LogP contribution is -2.04. The van der Waals surface area contributed by atoms with Gasteiger partial charge in [0.05, 0.1) is 38.8 Å². The Balaban J connectivity index is 1.14. The predicted molar refractivity (Wildman–Crippen MR) is 261 cm³/mol. The minimum absolute atomic E-state index is 0.799. The van der Waals surface area contributed by atoms with Crippen LogP contribution < -0.4 is 0 Å². The molecule has 0 fully saturated rings. The lowest BCUT2D eigenvalue weighted by atomic mass is 9.93. The molecule has 0 spiro atoms. The van der Waals surface area contributed by atoms with Crippen LogP contribution in [0.5, 0.6) is 0 Å². The van der Waals surface area contributed by atoms with Gasteiger partial charge in [0.1, 0.15) is 5.69 Å². The Bertz CT molecular complexity index is 4190. The lowest BCUT2D eigenvalue weighted by Gasteiger charge is -2.16. The SMILES string of the molecule is c1ccc2cc3c(cc2c1)c1c(-n2c4ccccc4c4ccc5ccccc5c42)cccc1n3-c1nc2ccccc2nc1-c1ccc2c3ccccc3c3ccccc3c2c1. The molecule has 0 aliphatic heterocycles. The average Bonchev–Trinajstić information content (AvgIpc) is 3.85. The van der Waals surface area contributed by atoms with Gasteiger partial charge in [-0.1, -0.05) is 158 Å².